The smallest absolute Gasteiger partial charge is 0.429 e. The number of amides is 4. The Morgan fingerprint density at radius 3 is 2.17 bits per heavy atom. The van der Waals surface area contributed by atoms with Crippen LogP contribution in [0.1, 0.15) is 72.1 Å². The SMILES string of the molecule is CCCCCCC[C@H]([C@@H](C=O)N(NC(=O)OCC)C(=O)OCC)N1C(=O)CCC1=O. The highest BCUT2D eigenvalue weighted by atomic mass is 16.6. The highest BCUT2D eigenvalue weighted by molar-refractivity contribution is 6.02. The fraction of sp³-hybridized carbons (Fsp3) is 0.750. The van der Waals surface area contributed by atoms with Crippen molar-refractivity contribution < 1.29 is 33.4 Å². The summed E-state index contributed by atoms with van der Waals surface area (Å²) in [6.45, 7) is 5.32. The van der Waals surface area contributed by atoms with Crippen molar-refractivity contribution in [2.75, 3.05) is 13.2 Å². The summed E-state index contributed by atoms with van der Waals surface area (Å²) < 4.78 is 9.76. The number of ether oxygens (including phenoxy) is 2. The maximum Gasteiger partial charge on any atom is 0.429 e. The van der Waals surface area contributed by atoms with Gasteiger partial charge in [-0.25, -0.2) is 20.0 Å². The molecule has 170 valence electrons. The first-order valence-electron chi connectivity index (χ1n) is 10.6. The van der Waals surface area contributed by atoms with Crippen LogP contribution in [0.2, 0.25) is 0 Å². The molecule has 0 radical (unpaired) electrons. The van der Waals surface area contributed by atoms with Crippen LogP contribution in [-0.2, 0) is 23.9 Å². The number of imide groups is 1. The lowest BCUT2D eigenvalue weighted by atomic mass is 9.99. The van der Waals surface area contributed by atoms with Crippen molar-refractivity contribution in [2.24, 2.45) is 0 Å². The zero-order chi connectivity index (χ0) is 22.5. The molecule has 1 aliphatic rings. The molecule has 1 fully saturated rings. The van der Waals surface area contributed by atoms with E-state index in [0.717, 1.165) is 30.6 Å². The minimum atomic E-state index is -1.30. The molecule has 0 aromatic rings. The quantitative estimate of drug-likeness (QED) is 0.220. The molecule has 1 aliphatic heterocycles. The monoisotopic (exact) mass is 427 g/mol. The average molecular weight is 427 g/mol. The maximum absolute atomic E-state index is 12.5. The molecule has 0 aromatic heterocycles. The third-order valence-electron chi connectivity index (χ3n) is 4.81. The summed E-state index contributed by atoms with van der Waals surface area (Å²) in [7, 11) is 0. The van der Waals surface area contributed by atoms with Gasteiger partial charge < -0.3 is 14.3 Å². The zero-order valence-electron chi connectivity index (χ0n) is 18.1. The van der Waals surface area contributed by atoms with Gasteiger partial charge in [-0.2, -0.15) is 0 Å². The Balaban J connectivity index is 3.14. The van der Waals surface area contributed by atoms with Crippen LogP contribution < -0.4 is 5.43 Å². The Morgan fingerprint density at radius 2 is 1.63 bits per heavy atom. The van der Waals surface area contributed by atoms with Gasteiger partial charge in [-0.15, -0.1) is 0 Å². The predicted molar refractivity (Wildman–Crippen MR) is 107 cm³/mol. The van der Waals surface area contributed by atoms with Crippen molar-refractivity contribution in [3.05, 3.63) is 0 Å². The van der Waals surface area contributed by atoms with Crippen LogP contribution in [0.25, 0.3) is 0 Å². The van der Waals surface area contributed by atoms with Gasteiger partial charge in [-0.05, 0) is 20.3 Å². The van der Waals surface area contributed by atoms with Crippen molar-refractivity contribution in [1.29, 1.82) is 0 Å². The summed E-state index contributed by atoms with van der Waals surface area (Å²) in [4.78, 5) is 62.2. The Hall–Kier alpha value is -2.65. The highest BCUT2D eigenvalue weighted by Crippen LogP contribution is 2.24. The lowest BCUT2D eigenvalue weighted by Gasteiger charge is -2.36. The average Bonchev–Trinajstić information content (AvgIpc) is 3.04. The largest absolute Gasteiger partial charge is 0.449 e. The van der Waals surface area contributed by atoms with Gasteiger partial charge in [-0.1, -0.05) is 39.0 Å². The van der Waals surface area contributed by atoms with Crippen LogP contribution in [0.15, 0.2) is 0 Å². The number of likely N-dealkylation sites (tertiary alicyclic amines) is 1. The number of hydrazine groups is 1. The number of carbonyl (C=O) groups is 5. The molecule has 1 heterocycles. The third kappa shape index (κ3) is 7.31. The molecular formula is C20H33N3O7. The normalized spacial score (nSPS) is 15.5. The lowest BCUT2D eigenvalue weighted by molar-refractivity contribution is -0.143. The minimum absolute atomic E-state index is 0.00861. The summed E-state index contributed by atoms with van der Waals surface area (Å²) >= 11 is 0. The number of carbonyl (C=O) groups excluding carboxylic acids is 5. The van der Waals surface area contributed by atoms with Gasteiger partial charge in [0.05, 0.1) is 19.3 Å². The number of aldehydes is 1. The van der Waals surface area contributed by atoms with E-state index in [4.69, 9.17) is 9.47 Å². The van der Waals surface area contributed by atoms with E-state index in [-0.39, 0.29) is 26.1 Å². The third-order valence-corrected chi connectivity index (χ3v) is 4.81. The Kier molecular flexibility index (Phi) is 11.5. The first-order valence-corrected chi connectivity index (χ1v) is 10.6. The van der Waals surface area contributed by atoms with Crippen LogP contribution >= 0.6 is 0 Å². The van der Waals surface area contributed by atoms with E-state index >= 15 is 0 Å². The fourth-order valence-electron chi connectivity index (χ4n) is 3.39. The number of nitrogens with one attached hydrogen (secondary N) is 1. The summed E-state index contributed by atoms with van der Waals surface area (Å²) in [6.07, 6.45) is 3.58. The minimum Gasteiger partial charge on any atom is -0.449 e. The summed E-state index contributed by atoms with van der Waals surface area (Å²) in [5.74, 6) is -0.796. The fourth-order valence-corrected chi connectivity index (χ4v) is 3.39. The molecule has 0 spiro atoms. The molecule has 1 saturated heterocycles. The number of nitrogens with zero attached hydrogens (tertiary/aromatic N) is 2. The zero-order valence-corrected chi connectivity index (χ0v) is 18.1. The molecule has 4 amide bonds. The number of hydrogen-bond acceptors (Lipinski definition) is 7. The van der Waals surface area contributed by atoms with E-state index < -0.39 is 36.1 Å². The predicted octanol–water partition coefficient (Wildman–Crippen LogP) is 2.55. The summed E-state index contributed by atoms with van der Waals surface area (Å²) in [6, 6.07) is -2.21. The van der Waals surface area contributed by atoms with Crippen LogP contribution in [0, 0.1) is 0 Å². The molecule has 1 rings (SSSR count). The molecule has 0 aromatic carbocycles. The molecule has 2 atom stereocenters. The van der Waals surface area contributed by atoms with E-state index in [0.29, 0.717) is 24.1 Å². The van der Waals surface area contributed by atoms with Crippen LogP contribution in [0.4, 0.5) is 9.59 Å². The van der Waals surface area contributed by atoms with Gasteiger partial charge in [0.2, 0.25) is 11.8 Å². The van der Waals surface area contributed by atoms with Gasteiger partial charge in [-0.3, -0.25) is 14.5 Å². The molecule has 30 heavy (non-hydrogen) atoms. The van der Waals surface area contributed by atoms with E-state index in [1.165, 1.54) is 0 Å². The molecule has 0 bridgehead atoms. The standard InChI is InChI=1S/C20H33N3O7/c1-4-7-8-9-10-11-15(22-17(25)12-13-18(22)26)16(14-24)23(20(28)30-6-3)21-19(27)29-5-2/h14-16H,4-13H2,1-3H3,(H,21,27)/t15-,16-/m1/s1. The van der Waals surface area contributed by atoms with E-state index in [2.05, 4.69) is 12.3 Å². The second kappa shape index (κ2) is 13.6. The van der Waals surface area contributed by atoms with Gasteiger partial charge >= 0.3 is 12.2 Å². The Morgan fingerprint density at radius 1 is 1.03 bits per heavy atom. The van der Waals surface area contributed by atoms with Crippen molar-refractivity contribution in [1.82, 2.24) is 15.3 Å². The van der Waals surface area contributed by atoms with Gasteiger partial charge in [0.25, 0.3) is 0 Å². The molecule has 10 heteroatoms. The van der Waals surface area contributed by atoms with Gasteiger partial charge in [0.1, 0.15) is 12.3 Å². The molecule has 0 saturated carbocycles. The second-order valence-electron chi connectivity index (χ2n) is 6.96. The topological polar surface area (TPSA) is 122 Å². The van der Waals surface area contributed by atoms with Crippen LogP contribution in [0.3, 0.4) is 0 Å². The van der Waals surface area contributed by atoms with E-state index in [9.17, 15) is 24.0 Å². The Labute approximate surface area is 177 Å². The summed E-state index contributed by atoms with van der Waals surface area (Å²) in [5.41, 5.74) is 2.21. The highest BCUT2D eigenvalue weighted by Gasteiger charge is 2.43. The maximum atomic E-state index is 12.5. The molecule has 0 unspecified atom stereocenters. The lowest BCUT2D eigenvalue weighted by Crippen LogP contribution is -2.61. The van der Waals surface area contributed by atoms with Crippen LogP contribution in [-0.4, -0.2) is 65.5 Å². The van der Waals surface area contributed by atoms with E-state index in [1.54, 1.807) is 13.8 Å². The second-order valence-corrected chi connectivity index (χ2v) is 6.96. The molecule has 10 nitrogen and oxygen atoms in total. The van der Waals surface area contributed by atoms with Crippen molar-refractivity contribution in [3.63, 3.8) is 0 Å². The number of rotatable bonds is 12. The first-order chi connectivity index (χ1) is 14.4. The first kappa shape index (κ1) is 25.4. The van der Waals surface area contributed by atoms with Gasteiger partial charge in [0, 0.05) is 12.8 Å². The molecule has 1 N–H and O–H groups in total. The van der Waals surface area contributed by atoms with Crippen LogP contribution in [0.5, 0.6) is 0 Å². The number of unbranched alkanes of at least 4 members (excludes halogenated alkanes) is 4. The number of hydrogen-bond donors (Lipinski definition) is 1. The van der Waals surface area contributed by atoms with Gasteiger partial charge in [0.15, 0.2) is 0 Å². The van der Waals surface area contributed by atoms with Crippen molar-refractivity contribution in [3.8, 4) is 0 Å². The molecular weight excluding hydrogens is 394 g/mol. The van der Waals surface area contributed by atoms with Crippen molar-refractivity contribution >= 4 is 30.3 Å². The summed E-state index contributed by atoms with van der Waals surface area (Å²) in [5, 5.41) is 0.712. The van der Waals surface area contributed by atoms with Crippen molar-refractivity contribution in [2.45, 2.75) is 84.2 Å². The molecule has 0 aliphatic carbocycles. The van der Waals surface area contributed by atoms with E-state index in [1.807, 2.05) is 0 Å². The Bertz CT molecular complexity index is 595.